The fourth-order valence-corrected chi connectivity index (χ4v) is 6.04. The second-order valence-corrected chi connectivity index (χ2v) is 10.5. The Hall–Kier alpha value is -3.93. The fraction of sp³-hybridized carbons (Fsp3) is 0.323. The van der Waals surface area contributed by atoms with E-state index >= 15 is 0 Å². The predicted molar refractivity (Wildman–Crippen MR) is 144 cm³/mol. The lowest BCUT2D eigenvalue weighted by atomic mass is 9.82. The minimum Gasteiger partial charge on any atom is -0.369 e. The Balaban J connectivity index is 1.17. The smallest absolute Gasteiger partial charge is 0.266 e. The van der Waals surface area contributed by atoms with Crippen LogP contribution in [0.2, 0.25) is 0 Å². The van der Waals surface area contributed by atoms with Gasteiger partial charge in [-0.3, -0.25) is 14.5 Å². The molecule has 2 N–H and O–H groups in total. The van der Waals surface area contributed by atoms with Gasteiger partial charge in [-0.2, -0.15) is 0 Å². The molecule has 2 amide bonds. The van der Waals surface area contributed by atoms with E-state index < -0.39 is 5.54 Å². The van der Waals surface area contributed by atoms with E-state index in [-0.39, 0.29) is 29.1 Å². The van der Waals surface area contributed by atoms with Gasteiger partial charge in [0.25, 0.3) is 5.91 Å². The van der Waals surface area contributed by atoms with Crippen LogP contribution >= 0.6 is 0 Å². The van der Waals surface area contributed by atoms with Crippen molar-refractivity contribution in [2.75, 3.05) is 19.6 Å². The van der Waals surface area contributed by atoms with Crippen LogP contribution < -0.4 is 5.73 Å². The highest BCUT2D eigenvalue weighted by Crippen LogP contribution is 2.50. The van der Waals surface area contributed by atoms with E-state index in [1.807, 2.05) is 83.8 Å². The van der Waals surface area contributed by atoms with Crippen LogP contribution in [0.1, 0.15) is 42.4 Å². The molecule has 6 nitrogen and oxygen atoms in total. The number of hydrogen-bond donors (Lipinski definition) is 1. The summed E-state index contributed by atoms with van der Waals surface area (Å²) in [6.07, 6.45) is 3.53. The molecule has 0 aromatic heterocycles. The Bertz CT molecular complexity index is 1270. The van der Waals surface area contributed by atoms with Crippen molar-refractivity contribution < 1.29 is 9.59 Å². The average molecular weight is 493 g/mol. The lowest BCUT2D eigenvalue weighted by molar-refractivity contribution is -0.136. The van der Waals surface area contributed by atoms with Crippen molar-refractivity contribution in [1.82, 2.24) is 9.80 Å². The normalized spacial score (nSPS) is 20.5. The topological polar surface area (TPSA) is 79.0 Å². The highest BCUT2D eigenvalue weighted by Gasteiger charge is 2.54. The molecule has 2 fully saturated rings. The third-order valence-electron chi connectivity index (χ3n) is 8.32. The number of carbonyl (C=O) groups is 2. The van der Waals surface area contributed by atoms with Crippen LogP contribution in [-0.4, -0.2) is 47.2 Å². The zero-order valence-electron chi connectivity index (χ0n) is 20.9. The lowest BCUT2D eigenvalue weighted by Crippen LogP contribution is -2.49. The van der Waals surface area contributed by atoms with Gasteiger partial charge in [-0.25, -0.2) is 4.99 Å². The highest BCUT2D eigenvalue weighted by atomic mass is 16.2. The van der Waals surface area contributed by atoms with Gasteiger partial charge < -0.3 is 10.6 Å². The highest BCUT2D eigenvalue weighted by molar-refractivity contribution is 6.09. The van der Waals surface area contributed by atoms with Crippen LogP contribution in [0.5, 0.6) is 0 Å². The van der Waals surface area contributed by atoms with E-state index in [9.17, 15) is 9.59 Å². The summed E-state index contributed by atoms with van der Waals surface area (Å²) in [5.41, 5.74) is 7.69. The number of nitrogens with zero attached hydrogens (tertiary/aromatic N) is 3. The van der Waals surface area contributed by atoms with E-state index in [1.165, 1.54) is 0 Å². The van der Waals surface area contributed by atoms with Crippen molar-refractivity contribution in [2.24, 2.45) is 16.6 Å². The first-order valence-corrected chi connectivity index (χ1v) is 13.2. The molecule has 1 saturated heterocycles. The summed E-state index contributed by atoms with van der Waals surface area (Å²) in [7, 11) is 0. The molecule has 0 bridgehead atoms. The molecule has 37 heavy (non-hydrogen) atoms. The van der Waals surface area contributed by atoms with E-state index in [4.69, 9.17) is 10.7 Å². The molecular weight excluding hydrogens is 460 g/mol. The van der Waals surface area contributed by atoms with Crippen LogP contribution in [-0.2, 0) is 20.5 Å². The quantitative estimate of drug-likeness (QED) is 0.564. The number of guanidine groups is 1. The average Bonchev–Trinajstić information content (AvgIpc) is 3.73. The molecule has 0 radical (unpaired) electrons. The molecule has 1 aliphatic carbocycles. The monoisotopic (exact) mass is 492 g/mol. The SMILES string of the molecule is NC1=NC(c2ccccc2)(c2ccccc2)C(=O)N1CC1CCN(C(=O)C2(c3ccccc3)CC2)CC1. The molecule has 0 unspecified atom stereocenters. The van der Waals surface area contributed by atoms with Crippen molar-refractivity contribution in [3.8, 4) is 0 Å². The third-order valence-corrected chi connectivity index (χ3v) is 8.32. The van der Waals surface area contributed by atoms with Crippen molar-refractivity contribution in [3.63, 3.8) is 0 Å². The molecule has 188 valence electrons. The number of amides is 2. The first-order valence-electron chi connectivity index (χ1n) is 13.2. The summed E-state index contributed by atoms with van der Waals surface area (Å²) in [6.45, 7) is 1.93. The Morgan fingerprint density at radius 2 is 1.30 bits per heavy atom. The van der Waals surface area contributed by atoms with Gasteiger partial charge in [0.2, 0.25) is 5.91 Å². The van der Waals surface area contributed by atoms with Crippen LogP contribution in [0.15, 0.2) is 96.0 Å². The number of piperidine rings is 1. The molecule has 6 heteroatoms. The standard InChI is InChI=1S/C31H32N4O2/c32-29-33-31(25-12-6-2-7-13-25,26-14-8-3-9-15-26)28(37)35(29)22-23-16-20-34(21-17-23)27(36)30(18-19-30)24-10-4-1-5-11-24/h1-15,23H,16-22H2,(H2,32,33). The Labute approximate surface area is 217 Å². The largest absolute Gasteiger partial charge is 0.369 e. The first-order chi connectivity index (χ1) is 18.0. The zero-order chi connectivity index (χ0) is 25.5. The minimum atomic E-state index is -1.17. The van der Waals surface area contributed by atoms with Gasteiger partial charge in [0, 0.05) is 19.6 Å². The summed E-state index contributed by atoms with van der Waals surface area (Å²) in [5.74, 6) is 0.665. The number of nitrogens with two attached hydrogens (primary N) is 1. The zero-order valence-corrected chi connectivity index (χ0v) is 20.9. The number of carbonyl (C=O) groups excluding carboxylic acids is 2. The molecule has 3 aromatic rings. The first kappa shape index (κ1) is 23.5. The van der Waals surface area contributed by atoms with Crippen LogP contribution in [0.3, 0.4) is 0 Å². The number of benzene rings is 3. The summed E-state index contributed by atoms with van der Waals surface area (Å²) >= 11 is 0. The predicted octanol–water partition coefficient (Wildman–Crippen LogP) is 4.06. The molecule has 2 heterocycles. The summed E-state index contributed by atoms with van der Waals surface area (Å²) in [4.78, 5) is 36.0. The van der Waals surface area contributed by atoms with Gasteiger partial charge in [0.05, 0.1) is 5.41 Å². The van der Waals surface area contributed by atoms with Crippen molar-refractivity contribution in [3.05, 3.63) is 108 Å². The molecule has 3 aliphatic rings. The van der Waals surface area contributed by atoms with E-state index in [0.717, 1.165) is 42.4 Å². The van der Waals surface area contributed by atoms with Crippen molar-refractivity contribution in [1.29, 1.82) is 0 Å². The third kappa shape index (κ3) is 3.91. The van der Waals surface area contributed by atoms with E-state index in [2.05, 4.69) is 12.1 Å². The van der Waals surface area contributed by atoms with Gasteiger partial charge >= 0.3 is 0 Å². The van der Waals surface area contributed by atoms with Gasteiger partial charge in [0.1, 0.15) is 0 Å². The number of likely N-dealkylation sites (tertiary alicyclic amines) is 1. The molecule has 3 aromatic carbocycles. The molecule has 6 rings (SSSR count). The maximum absolute atomic E-state index is 14.0. The summed E-state index contributed by atoms with van der Waals surface area (Å²) in [6, 6.07) is 29.5. The Kier molecular flexibility index (Phi) is 5.82. The fourth-order valence-electron chi connectivity index (χ4n) is 6.04. The molecule has 0 spiro atoms. The van der Waals surface area contributed by atoms with Crippen molar-refractivity contribution in [2.45, 2.75) is 36.6 Å². The van der Waals surface area contributed by atoms with Gasteiger partial charge in [-0.15, -0.1) is 0 Å². The Morgan fingerprint density at radius 3 is 1.78 bits per heavy atom. The molecular formula is C31H32N4O2. The maximum atomic E-state index is 14.0. The second kappa shape index (κ2) is 9.18. The van der Waals surface area contributed by atoms with Gasteiger partial charge in [-0.1, -0.05) is 91.0 Å². The second-order valence-electron chi connectivity index (χ2n) is 10.5. The van der Waals surface area contributed by atoms with Crippen molar-refractivity contribution >= 4 is 17.8 Å². The lowest BCUT2D eigenvalue weighted by Gasteiger charge is -2.36. The molecule has 2 aliphatic heterocycles. The minimum absolute atomic E-state index is 0.109. The number of aliphatic imine (C=N–C) groups is 1. The maximum Gasteiger partial charge on any atom is 0.266 e. The van der Waals surface area contributed by atoms with Gasteiger partial charge in [-0.05, 0) is 48.3 Å². The summed E-state index contributed by atoms with van der Waals surface area (Å²) < 4.78 is 0. The van der Waals surface area contributed by atoms with E-state index in [0.29, 0.717) is 19.6 Å². The molecule has 0 atom stereocenters. The van der Waals surface area contributed by atoms with E-state index in [1.54, 1.807) is 4.90 Å². The van der Waals surface area contributed by atoms with Gasteiger partial charge in [0.15, 0.2) is 11.5 Å². The number of rotatable bonds is 6. The number of hydrogen-bond acceptors (Lipinski definition) is 4. The summed E-state index contributed by atoms with van der Waals surface area (Å²) in [5, 5.41) is 0. The van der Waals surface area contributed by atoms with Crippen LogP contribution in [0, 0.1) is 5.92 Å². The van der Waals surface area contributed by atoms with Crippen LogP contribution in [0.4, 0.5) is 0 Å². The van der Waals surface area contributed by atoms with Crippen LogP contribution in [0.25, 0.3) is 0 Å². The Morgan fingerprint density at radius 1 is 0.811 bits per heavy atom. The molecule has 1 saturated carbocycles.